The molecule has 0 amide bonds. The summed E-state index contributed by atoms with van der Waals surface area (Å²) in [7, 11) is 0. The van der Waals surface area contributed by atoms with Crippen molar-refractivity contribution >= 4 is 5.78 Å². The van der Waals surface area contributed by atoms with Crippen molar-refractivity contribution in [2.75, 3.05) is 6.61 Å². The molecule has 0 aromatic carbocycles. The Labute approximate surface area is 102 Å². The summed E-state index contributed by atoms with van der Waals surface area (Å²) in [5.74, 6) is 0.513. The fourth-order valence-corrected chi connectivity index (χ4v) is 1.14. The molecule has 0 spiro atoms. The molecule has 0 aliphatic rings. The van der Waals surface area contributed by atoms with Crippen molar-refractivity contribution in [1.29, 1.82) is 0 Å². The van der Waals surface area contributed by atoms with Crippen LogP contribution in [-0.4, -0.2) is 22.4 Å². The molecule has 0 saturated carbocycles. The van der Waals surface area contributed by atoms with Crippen LogP contribution < -0.4 is 4.74 Å². The topological polar surface area (TPSA) is 52.1 Å². The first-order valence-electron chi connectivity index (χ1n) is 5.78. The Kier molecular flexibility index (Phi) is 4.21. The highest BCUT2D eigenvalue weighted by Crippen LogP contribution is 2.21. The molecule has 0 radical (unpaired) electrons. The van der Waals surface area contributed by atoms with Gasteiger partial charge in [0, 0.05) is 17.4 Å². The molecule has 0 fully saturated rings. The van der Waals surface area contributed by atoms with Gasteiger partial charge in [-0.1, -0.05) is 34.6 Å². The van der Waals surface area contributed by atoms with Crippen molar-refractivity contribution in [2.45, 2.75) is 40.0 Å². The number of aromatic nitrogens is 2. The van der Waals surface area contributed by atoms with E-state index in [9.17, 15) is 4.79 Å². The minimum absolute atomic E-state index is 0.0149. The molecule has 0 atom stereocenters. The van der Waals surface area contributed by atoms with E-state index in [0.717, 1.165) is 5.69 Å². The number of carbonyl (C=O) groups is 1. The van der Waals surface area contributed by atoms with Crippen LogP contribution in [0.5, 0.6) is 5.88 Å². The summed E-state index contributed by atoms with van der Waals surface area (Å²) in [6.07, 6.45) is 1.47. The van der Waals surface area contributed by atoms with Crippen LogP contribution in [0.25, 0.3) is 0 Å². The van der Waals surface area contributed by atoms with Crippen LogP contribution in [-0.2, 0) is 10.2 Å². The molecule has 1 aromatic heterocycles. The predicted molar refractivity (Wildman–Crippen MR) is 66.1 cm³/mol. The monoisotopic (exact) mass is 236 g/mol. The lowest BCUT2D eigenvalue weighted by atomic mass is 9.92. The zero-order valence-electron chi connectivity index (χ0n) is 11.2. The third-order valence-corrected chi connectivity index (χ3v) is 2.42. The van der Waals surface area contributed by atoms with Gasteiger partial charge in [0.15, 0.2) is 5.78 Å². The van der Waals surface area contributed by atoms with Crippen LogP contribution in [0.2, 0.25) is 0 Å². The SMILES string of the molecule is CC(C)C(=O)COc1cc(C(C)(C)C)ncn1. The lowest BCUT2D eigenvalue weighted by Crippen LogP contribution is -2.18. The summed E-state index contributed by atoms with van der Waals surface area (Å²) in [6, 6.07) is 1.79. The van der Waals surface area contributed by atoms with Crippen molar-refractivity contribution < 1.29 is 9.53 Å². The molecule has 4 nitrogen and oxygen atoms in total. The van der Waals surface area contributed by atoms with Gasteiger partial charge >= 0.3 is 0 Å². The van der Waals surface area contributed by atoms with Crippen molar-refractivity contribution in [1.82, 2.24) is 9.97 Å². The Morgan fingerprint density at radius 2 is 2.00 bits per heavy atom. The van der Waals surface area contributed by atoms with Crippen molar-refractivity contribution in [3.63, 3.8) is 0 Å². The molecule has 0 aliphatic carbocycles. The Balaban J connectivity index is 2.70. The lowest BCUT2D eigenvalue weighted by molar-refractivity contribution is -0.123. The Morgan fingerprint density at radius 1 is 1.35 bits per heavy atom. The van der Waals surface area contributed by atoms with Crippen LogP contribution >= 0.6 is 0 Å². The van der Waals surface area contributed by atoms with Crippen LogP contribution in [0.3, 0.4) is 0 Å². The number of carbonyl (C=O) groups excluding carboxylic acids is 1. The first-order chi connectivity index (χ1) is 7.80. The molecule has 0 unspecified atom stereocenters. The summed E-state index contributed by atoms with van der Waals surface area (Å²) in [5, 5.41) is 0. The number of ketones is 1. The quantitative estimate of drug-likeness (QED) is 0.805. The molecule has 0 saturated heterocycles. The zero-order chi connectivity index (χ0) is 13.1. The van der Waals surface area contributed by atoms with Gasteiger partial charge < -0.3 is 4.74 Å². The summed E-state index contributed by atoms with van der Waals surface area (Å²) in [5.41, 5.74) is 0.850. The molecule has 0 N–H and O–H groups in total. The van der Waals surface area contributed by atoms with E-state index in [1.807, 2.05) is 13.8 Å². The molecule has 0 aliphatic heterocycles. The fraction of sp³-hybridized carbons (Fsp3) is 0.615. The van der Waals surface area contributed by atoms with Gasteiger partial charge in [0.25, 0.3) is 0 Å². The van der Waals surface area contributed by atoms with Crippen LogP contribution in [0.1, 0.15) is 40.3 Å². The molecule has 4 heteroatoms. The Morgan fingerprint density at radius 3 is 2.53 bits per heavy atom. The average Bonchev–Trinajstić information content (AvgIpc) is 2.25. The highest BCUT2D eigenvalue weighted by molar-refractivity contribution is 5.81. The second-order valence-electron chi connectivity index (χ2n) is 5.40. The highest BCUT2D eigenvalue weighted by atomic mass is 16.5. The fourth-order valence-electron chi connectivity index (χ4n) is 1.14. The first-order valence-corrected chi connectivity index (χ1v) is 5.78. The van der Waals surface area contributed by atoms with Crippen LogP contribution in [0.4, 0.5) is 0 Å². The molecule has 17 heavy (non-hydrogen) atoms. The normalized spacial score (nSPS) is 11.6. The van der Waals surface area contributed by atoms with Gasteiger partial charge in [-0.3, -0.25) is 4.79 Å². The molecular formula is C13H20N2O2. The molecule has 1 heterocycles. The predicted octanol–water partition coefficient (Wildman–Crippen LogP) is 2.38. The van der Waals surface area contributed by atoms with Crippen LogP contribution in [0, 0.1) is 5.92 Å². The van der Waals surface area contributed by atoms with E-state index in [-0.39, 0.29) is 23.7 Å². The van der Waals surface area contributed by atoms with Gasteiger partial charge in [-0.15, -0.1) is 0 Å². The molecule has 1 rings (SSSR count). The minimum Gasteiger partial charge on any atom is -0.470 e. The summed E-state index contributed by atoms with van der Waals surface area (Å²) < 4.78 is 5.36. The van der Waals surface area contributed by atoms with Crippen molar-refractivity contribution in [3.05, 3.63) is 18.1 Å². The molecule has 94 valence electrons. The van der Waals surface area contributed by atoms with Gasteiger partial charge in [0.2, 0.25) is 5.88 Å². The van der Waals surface area contributed by atoms with Crippen molar-refractivity contribution in [3.8, 4) is 5.88 Å². The smallest absolute Gasteiger partial charge is 0.216 e. The van der Waals surface area contributed by atoms with Crippen LogP contribution in [0.15, 0.2) is 12.4 Å². The number of hydrogen-bond donors (Lipinski definition) is 0. The van der Waals surface area contributed by atoms with E-state index in [1.165, 1.54) is 6.33 Å². The second kappa shape index (κ2) is 5.25. The van der Waals surface area contributed by atoms with Gasteiger partial charge in [-0.25, -0.2) is 9.97 Å². The van der Waals surface area contributed by atoms with Gasteiger partial charge in [-0.05, 0) is 0 Å². The van der Waals surface area contributed by atoms with E-state index < -0.39 is 0 Å². The lowest BCUT2D eigenvalue weighted by Gasteiger charge is -2.17. The minimum atomic E-state index is -0.0525. The van der Waals surface area contributed by atoms with E-state index in [0.29, 0.717) is 5.88 Å². The number of ether oxygens (including phenoxy) is 1. The van der Waals surface area contributed by atoms with E-state index >= 15 is 0 Å². The molecule has 1 aromatic rings. The third kappa shape index (κ3) is 4.13. The largest absolute Gasteiger partial charge is 0.470 e. The number of nitrogens with zero attached hydrogens (tertiary/aromatic N) is 2. The first kappa shape index (κ1) is 13.6. The Bertz CT molecular complexity index is 395. The maximum atomic E-state index is 11.4. The van der Waals surface area contributed by atoms with Crippen molar-refractivity contribution in [2.24, 2.45) is 5.92 Å². The number of hydrogen-bond acceptors (Lipinski definition) is 4. The maximum Gasteiger partial charge on any atom is 0.216 e. The molecule has 0 bridgehead atoms. The molecular weight excluding hydrogens is 216 g/mol. The van der Waals surface area contributed by atoms with Gasteiger partial charge in [-0.2, -0.15) is 0 Å². The highest BCUT2D eigenvalue weighted by Gasteiger charge is 2.17. The standard InChI is InChI=1S/C13H20N2O2/c1-9(2)10(16)7-17-12-6-11(13(3,4)5)14-8-15-12/h6,8-9H,7H2,1-5H3. The zero-order valence-corrected chi connectivity index (χ0v) is 11.2. The number of Topliss-reactive ketones (excluding diaryl/α,β-unsaturated/α-hetero) is 1. The number of rotatable bonds is 4. The second-order valence-corrected chi connectivity index (χ2v) is 5.40. The third-order valence-electron chi connectivity index (χ3n) is 2.42. The van der Waals surface area contributed by atoms with Gasteiger partial charge in [0.05, 0.1) is 5.69 Å². The summed E-state index contributed by atoms with van der Waals surface area (Å²) in [6.45, 7) is 9.98. The van der Waals surface area contributed by atoms with E-state index in [2.05, 4.69) is 30.7 Å². The summed E-state index contributed by atoms with van der Waals surface area (Å²) in [4.78, 5) is 19.6. The maximum absolute atomic E-state index is 11.4. The summed E-state index contributed by atoms with van der Waals surface area (Å²) >= 11 is 0. The van der Waals surface area contributed by atoms with Gasteiger partial charge in [0.1, 0.15) is 12.9 Å². The van der Waals surface area contributed by atoms with E-state index in [1.54, 1.807) is 6.07 Å². The van der Waals surface area contributed by atoms with E-state index in [4.69, 9.17) is 4.74 Å². The average molecular weight is 236 g/mol. The Hall–Kier alpha value is -1.45.